The molecular formula is C14H15NO3S. The number of hydrogen-bond acceptors (Lipinski definition) is 4. The maximum Gasteiger partial charge on any atom is 0.335 e. The first-order valence-electron chi connectivity index (χ1n) is 5.93. The molecule has 19 heavy (non-hydrogen) atoms. The highest BCUT2D eigenvalue weighted by Gasteiger charge is 2.03. The van der Waals surface area contributed by atoms with Gasteiger partial charge < -0.3 is 15.2 Å². The monoisotopic (exact) mass is 277 g/mol. The van der Waals surface area contributed by atoms with E-state index in [2.05, 4.69) is 16.8 Å². The smallest absolute Gasteiger partial charge is 0.335 e. The van der Waals surface area contributed by atoms with Gasteiger partial charge in [0.2, 0.25) is 0 Å². The fourth-order valence-electron chi connectivity index (χ4n) is 1.59. The Morgan fingerprint density at radius 2 is 2.26 bits per heavy atom. The normalized spacial score (nSPS) is 10.3. The van der Waals surface area contributed by atoms with Crippen LogP contribution < -0.4 is 10.1 Å². The van der Waals surface area contributed by atoms with Gasteiger partial charge in [-0.15, -0.1) is 0 Å². The summed E-state index contributed by atoms with van der Waals surface area (Å²) in [6.45, 7) is 2.04. The van der Waals surface area contributed by atoms with Gasteiger partial charge in [0.1, 0.15) is 12.4 Å². The van der Waals surface area contributed by atoms with Crippen molar-refractivity contribution in [1.82, 2.24) is 5.32 Å². The first-order valence-corrected chi connectivity index (χ1v) is 6.88. The van der Waals surface area contributed by atoms with Crippen molar-refractivity contribution in [2.45, 2.75) is 6.54 Å². The summed E-state index contributed by atoms with van der Waals surface area (Å²) >= 11 is 1.68. The molecule has 0 spiro atoms. The molecule has 0 bridgehead atoms. The molecule has 0 radical (unpaired) electrons. The third-order valence-corrected chi connectivity index (χ3v) is 3.27. The molecule has 5 heteroatoms. The average Bonchev–Trinajstić information content (AvgIpc) is 2.92. The highest BCUT2D eigenvalue weighted by Crippen LogP contribution is 2.13. The molecule has 1 heterocycles. The predicted molar refractivity (Wildman–Crippen MR) is 74.9 cm³/mol. The average molecular weight is 277 g/mol. The van der Waals surface area contributed by atoms with E-state index >= 15 is 0 Å². The number of benzene rings is 1. The maximum atomic E-state index is 10.8. The summed E-state index contributed by atoms with van der Waals surface area (Å²) in [6, 6.07) is 8.59. The Morgan fingerprint density at radius 1 is 1.37 bits per heavy atom. The van der Waals surface area contributed by atoms with Crippen LogP contribution in [0, 0.1) is 0 Å². The number of carboxylic acids is 1. The molecule has 0 amide bonds. The third-order valence-electron chi connectivity index (χ3n) is 2.54. The van der Waals surface area contributed by atoms with Crippen LogP contribution in [0.4, 0.5) is 0 Å². The molecule has 1 aromatic carbocycles. The quantitative estimate of drug-likeness (QED) is 0.764. The molecule has 0 aliphatic rings. The van der Waals surface area contributed by atoms with Crippen LogP contribution in [0.2, 0.25) is 0 Å². The van der Waals surface area contributed by atoms with Crippen LogP contribution in [0.3, 0.4) is 0 Å². The van der Waals surface area contributed by atoms with Crippen molar-refractivity contribution in [1.29, 1.82) is 0 Å². The lowest BCUT2D eigenvalue weighted by atomic mass is 10.2. The Bertz CT molecular complexity index is 525. The third kappa shape index (κ3) is 4.39. The molecule has 2 rings (SSSR count). The lowest BCUT2D eigenvalue weighted by Gasteiger charge is -2.07. The van der Waals surface area contributed by atoms with Gasteiger partial charge in [-0.2, -0.15) is 11.3 Å². The molecule has 2 aromatic rings. The summed E-state index contributed by atoms with van der Waals surface area (Å²) in [4.78, 5) is 10.8. The molecule has 4 nitrogen and oxygen atoms in total. The van der Waals surface area contributed by atoms with E-state index < -0.39 is 5.97 Å². The van der Waals surface area contributed by atoms with Crippen LogP contribution in [0.1, 0.15) is 15.9 Å². The van der Waals surface area contributed by atoms with Crippen molar-refractivity contribution < 1.29 is 14.6 Å². The van der Waals surface area contributed by atoms with E-state index in [1.165, 1.54) is 11.6 Å². The van der Waals surface area contributed by atoms with Crippen LogP contribution in [0.5, 0.6) is 5.75 Å². The predicted octanol–water partition coefficient (Wildman–Crippen LogP) is 2.61. The summed E-state index contributed by atoms with van der Waals surface area (Å²) in [5, 5.41) is 16.3. The molecular weight excluding hydrogens is 262 g/mol. The zero-order valence-electron chi connectivity index (χ0n) is 10.3. The second kappa shape index (κ2) is 6.92. The molecule has 0 aliphatic heterocycles. The van der Waals surface area contributed by atoms with Gasteiger partial charge in [-0.1, -0.05) is 6.07 Å². The van der Waals surface area contributed by atoms with Gasteiger partial charge >= 0.3 is 5.97 Å². The Balaban J connectivity index is 1.70. The highest BCUT2D eigenvalue weighted by molar-refractivity contribution is 7.07. The molecule has 1 aromatic heterocycles. The number of nitrogens with one attached hydrogen (secondary N) is 1. The lowest BCUT2D eigenvalue weighted by molar-refractivity contribution is 0.0696. The number of rotatable bonds is 7. The molecule has 0 fully saturated rings. The summed E-state index contributed by atoms with van der Waals surface area (Å²) in [5.41, 5.74) is 1.50. The number of aromatic carboxylic acids is 1. The van der Waals surface area contributed by atoms with E-state index in [1.54, 1.807) is 29.5 Å². The Morgan fingerprint density at radius 3 is 3.00 bits per heavy atom. The SMILES string of the molecule is O=C(O)c1cccc(OCCNCc2ccsc2)c1. The van der Waals surface area contributed by atoms with Gasteiger partial charge in [-0.25, -0.2) is 4.79 Å². The van der Waals surface area contributed by atoms with Crippen LogP contribution in [-0.4, -0.2) is 24.2 Å². The van der Waals surface area contributed by atoms with E-state index in [0.29, 0.717) is 18.9 Å². The lowest BCUT2D eigenvalue weighted by Crippen LogP contribution is -2.20. The molecule has 2 N–H and O–H groups in total. The van der Waals surface area contributed by atoms with Gasteiger partial charge in [0.15, 0.2) is 0 Å². The second-order valence-corrected chi connectivity index (χ2v) is 4.77. The van der Waals surface area contributed by atoms with Crippen LogP contribution in [0.25, 0.3) is 0 Å². The number of thiophene rings is 1. The van der Waals surface area contributed by atoms with Crippen LogP contribution in [0.15, 0.2) is 41.1 Å². The Hall–Kier alpha value is -1.85. The van der Waals surface area contributed by atoms with E-state index in [1.807, 2.05) is 5.38 Å². The van der Waals surface area contributed by atoms with Gasteiger partial charge in [0.25, 0.3) is 0 Å². The van der Waals surface area contributed by atoms with Gasteiger partial charge in [0.05, 0.1) is 5.56 Å². The van der Waals surface area contributed by atoms with Crippen LogP contribution >= 0.6 is 11.3 Å². The van der Waals surface area contributed by atoms with Crippen molar-refractivity contribution >= 4 is 17.3 Å². The largest absolute Gasteiger partial charge is 0.492 e. The molecule has 0 saturated carbocycles. The zero-order chi connectivity index (χ0) is 13.5. The fourth-order valence-corrected chi connectivity index (χ4v) is 2.25. The number of ether oxygens (including phenoxy) is 1. The zero-order valence-corrected chi connectivity index (χ0v) is 11.2. The van der Waals surface area contributed by atoms with E-state index in [0.717, 1.165) is 6.54 Å². The maximum absolute atomic E-state index is 10.8. The molecule has 0 atom stereocenters. The topological polar surface area (TPSA) is 58.6 Å². The summed E-state index contributed by atoms with van der Waals surface area (Å²) < 4.78 is 5.49. The van der Waals surface area contributed by atoms with Crippen LogP contribution in [-0.2, 0) is 6.54 Å². The van der Waals surface area contributed by atoms with Crippen molar-refractivity contribution in [2.24, 2.45) is 0 Å². The molecule has 100 valence electrons. The Kier molecular flexibility index (Phi) is 4.94. The minimum Gasteiger partial charge on any atom is -0.492 e. The van der Waals surface area contributed by atoms with E-state index in [9.17, 15) is 4.79 Å². The summed E-state index contributed by atoms with van der Waals surface area (Å²) in [6.07, 6.45) is 0. The fraction of sp³-hybridized carbons (Fsp3) is 0.214. The number of carbonyl (C=O) groups is 1. The standard InChI is InChI=1S/C14H15NO3S/c16-14(17)12-2-1-3-13(8-12)18-6-5-15-9-11-4-7-19-10-11/h1-4,7-8,10,15H,5-6,9H2,(H,16,17). The first kappa shape index (κ1) is 13.6. The highest BCUT2D eigenvalue weighted by atomic mass is 32.1. The van der Waals surface area contributed by atoms with Gasteiger partial charge in [0, 0.05) is 13.1 Å². The van der Waals surface area contributed by atoms with Gasteiger partial charge in [-0.05, 0) is 40.6 Å². The summed E-state index contributed by atoms with van der Waals surface area (Å²) in [7, 11) is 0. The van der Waals surface area contributed by atoms with Gasteiger partial charge in [-0.3, -0.25) is 0 Å². The Labute approximate surface area is 115 Å². The summed E-state index contributed by atoms with van der Waals surface area (Å²) in [5.74, 6) is -0.363. The van der Waals surface area contributed by atoms with Crippen molar-refractivity contribution in [3.63, 3.8) is 0 Å². The van der Waals surface area contributed by atoms with E-state index in [4.69, 9.17) is 9.84 Å². The van der Waals surface area contributed by atoms with Crippen molar-refractivity contribution in [3.8, 4) is 5.75 Å². The van der Waals surface area contributed by atoms with E-state index in [-0.39, 0.29) is 5.56 Å². The number of hydrogen-bond donors (Lipinski definition) is 2. The minimum atomic E-state index is -0.943. The number of carboxylic acid groups (broad SMARTS) is 1. The molecule has 0 aliphatic carbocycles. The molecule has 0 unspecified atom stereocenters. The molecule has 0 saturated heterocycles. The van der Waals surface area contributed by atoms with Crippen molar-refractivity contribution in [2.75, 3.05) is 13.2 Å². The first-order chi connectivity index (χ1) is 9.25. The second-order valence-electron chi connectivity index (χ2n) is 3.99. The van der Waals surface area contributed by atoms with Crippen molar-refractivity contribution in [3.05, 3.63) is 52.2 Å². The minimum absolute atomic E-state index is 0.240.